The van der Waals surface area contributed by atoms with Crippen molar-refractivity contribution in [1.82, 2.24) is 15.2 Å². The molecule has 2 aliphatic carbocycles. The van der Waals surface area contributed by atoms with E-state index in [1.807, 2.05) is 30.3 Å². The number of nitrogens with zero attached hydrogens (tertiary/aromatic N) is 3. The van der Waals surface area contributed by atoms with Gasteiger partial charge in [0.25, 0.3) is 0 Å². The number of aromatic amines is 2. The summed E-state index contributed by atoms with van der Waals surface area (Å²) in [5, 5.41) is 2.71. The Balaban J connectivity index is 0.000000186. The average molecular weight is 704 g/mol. The first kappa shape index (κ1) is 34.3. The molecular weight excluding hydrogens is 667 g/mol. The van der Waals surface area contributed by atoms with E-state index in [1.54, 1.807) is 6.07 Å². The highest BCUT2D eigenvalue weighted by Gasteiger charge is 2.38. The van der Waals surface area contributed by atoms with Crippen LogP contribution in [0.2, 0.25) is 0 Å². The van der Waals surface area contributed by atoms with Crippen molar-refractivity contribution in [2.75, 3.05) is 0 Å². The number of rotatable bonds is 7. The Kier molecular flexibility index (Phi) is 10.5. The number of H-pyrrole nitrogens is 2. The fraction of sp³-hybridized carbons (Fsp3) is 0.387. The normalized spacial score (nSPS) is 16.6. The van der Waals surface area contributed by atoms with Crippen LogP contribution < -0.4 is 9.08 Å². The lowest BCUT2D eigenvalue weighted by Gasteiger charge is -2.18. The molecule has 13 nitrogen and oxygen atoms in total. The van der Waals surface area contributed by atoms with Gasteiger partial charge in [-0.25, -0.2) is 25.3 Å². The molecule has 6 rings (SSSR count). The Labute approximate surface area is 273 Å². The van der Waals surface area contributed by atoms with E-state index >= 15 is 0 Å². The van der Waals surface area contributed by atoms with Crippen LogP contribution >= 0.6 is 0 Å². The quantitative estimate of drug-likeness (QED) is 0.268. The maximum Gasteiger partial charge on any atom is 0.382 e. The van der Waals surface area contributed by atoms with Gasteiger partial charge < -0.3 is 0 Å². The predicted molar refractivity (Wildman–Crippen MR) is 172 cm³/mol. The van der Waals surface area contributed by atoms with Gasteiger partial charge in [-0.05, 0) is 49.9 Å². The molecule has 0 amide bonds. The van der Waals surface area contributed by atoms with E-state index in [2.05, 4.69) is 15.2 Å². The molecule has 250 valence electrons. The average Bonchev–Trinajstić information content (AvgIpc) is 3.10. The molecule has 2 fully saturated rings. The molecule has 0 aliphatic heterocycles. The van der Waals surface area contributed by atoms with Gasteiger partial charge in [0.1, 0.15) is 5.69 Å². The van der Waals surface area contributed by atoms with Crippen LogP contribution in [0.1, 0.15) is 64.2 Å². The Hall–Kier alpha value is -4.02. The molecule has 2 N–H and O–H groups in total. The van der Waals surface area contributed by atoms with E-state index in [0.717, 1.165) is 56.2 Å². The number of aromatic nitrogens is 5. The highest BCUT2D eigenvalue weighted by Crippen LogP contribution is 2.29. The first-order valence-electron chi connectivity index (χ1n) is 15.4. The first-order valence-corrected chi connectivity index (χ1v) is 20.0. The molecule has 2 saturated carbocycles. The fourth-order valence-electron chi connectivity index (χ4n) is 5.92. The lowest BCUT2D eigenvalue weighted by molar-refractivity contribution is -0.610. The molecule has 2 aliphatic rings. The van der Waals surface area contributed by atoms with Gasteiger partial charge in [0.05, 0.1) is 25.2 Å². The third-order valence-electron chi connectivity index (χ3n) is 8.50. The molecule has 1 aromatic carbocycles. The van der Waals surface area contributed by atoms with E-state index < -0.39 is 45.0 Å². The van der Waals surface area contributed by atoms with Crippen LogP contribution in [-0.2, 0) is 29.5 Å². The summed E-state index contributed by atoms with van der Waals surface area (Å²) in [6, 6.07) is 17.2. The maximum atomic E-state index is 12.6. The SMILES string of the molecule is O=[n+]1[nH]c(-c2ccccc2)ccc1S(=O)(=O)C1CCCCC1.O=[n+]1[nH]c(S(=O)(=O)c2ccncc2)ccc1S(=O)(=O)C1CCCCC1. The molecule has 0 unspecified atom stereocenters. The number of sulfone groups is 3. The number of hydrogen-bond donors (Lipinski definition) is 2. The molecule has 0 radical (unpaired) electrons. The van der Waals surface area contributed by atoms with Crippen LogP contribution in [0.15, 0.2) is 99.1 Å². The minimum atomic E-state index is -3.96. The van der Waals surface area contributed by atoms with Crippen molar-refractivity contribution in [3.63, 3.8) is 0 Å². The summed E-state index contributed by atoms with van der Waals surface area (Å²) in [4.78, 5) is 28.1. The highest BCUT2D eigenvalue weighted by molar-refractivity contribution is 7.92. The summed E-state index contributed by atoms with van der Waals surface area (Å²) in [5.41, 5.74) is 1.44. The molecule has 0 spiro atoms. The van der Waals surface area contributed by atoms with Crippen LogP contribution in [0.4, 0.5) is 0 Å². The van der Waals surface area contributed by atoms with Gasteiger partial charge in [-0.3, -0.25) is 4.98 Å². The van der Waals surface area contributed by atoms with E-state index in [1.165, 1.54) is 30.6 Å². The van der Waals surface area contributed by atoms with Crippen LogP contribution in [0.25, 0.3) is 11.3 Å². The van der Waals surface area contributed by atoms with E-state index in [-0.39, 0.29) is 19.5 Å². The molecule has 3 heterocycles. The maximum absolute atomic E-state index is 12.6. The molecule has 3 aromatic heterocycles. The van der Waals surface area contributed by atoms with E-state index in [0.29, 0.717) is 35.9 Å². The Bertz CT molecular complexity index is 2140. The van der Waals surface area contributed by atoms with Gasteiger partial charge in [-0.15, -0.1) is 10.2 Å². The molecule has 0 atom stereocenters. The largest absolute Gasteiger partial charge is 0.382 e. The standard InChI is InChI=1S/C16H19N2O3S.C15H18N3O5S2/c19-18-16(22(20,21)14-9-5-2-6-10-14)12-11-15(17-18)13-7-3-1-4-8-13;19-18-15(25(22,23)12-4-2-1-3-5-12)7-6-14(17-18)24(20,21)13-8-10-16-11-9-13/h1,3-4,7-8,11-12,14H,2,5-6,9-10H2,(H,17,19);6-12H,1-5H2,(H,17,19)/q2*+1. The van der Waals surface area contributed by atoms with Crippen LogP contribution in [0.5, 0.6) is 0 Å². The third kappa shape index (κ3) is 7.60. The van der Waals surface area contributed by atoms with Crippen molar-refractivity contribution in [1.29, 1.82) is 0 Å². The zero-order valence-corrected chi connectivity index (χ0v) is 28.0. The second kappa shape index (κ2) is 14.4. The van der Waals surface area contributed by atoms with E-state index in [9.17, 15) is 35.1 Å². The number of pyridine rings is 1. The van der Waals surface area contributed by atoms with Gasteiger partial charge in [-0.1, -0.05) is 68.9 Å². The van der Waals surface area contributed by atoms with Gasteiger partial charge in [0.2, 0.25) is 29.5 Å². The minimum Gasteiger partial charge on any atom is -0.265 e. The summed E-state index contributed by atoms with van der Waals surface area (Å²) in [6.45, 7) is 0. The van der Waals surface area contributed by atoms with Gasteiger partial charge >= 0.3 is 10.1 Å². The molecular formula is C31H37N5O8S3+2. The summed E-state index contributed by atoms with van der Waals surface area (Å²) < 4.78 is 75.9. The van der Waals surface area contributed by atoms with Crippen molar-refractivity contribution in [3.05, 3.63) is 88.9 Å². The highest BCUT2D eigenvalue weighted by atomic mass is 32.2. The summed E-state index contributed by atoms with van der Waals surface area (Å²) in [7, 11) is -11.3. The Morgan fingerprint density at radius 3 is 1.55 bits per heavy atom. The summed E-state index contributed by atoms with van der Waals surface area (Å²) in [6.07, 6.45) is 10.4. The fourth-order valence-corrected chi connectivity index (χ4v) is 10.8. The van der Waals surface area contributed by atoms with Gasteiger partial charge in [0, 0.05) is 30.1 Å². The van der Waals surface area contributed by atoms with Crippen LogP contribution in [0, 0.1) is 9.81 Å². The smallest absolute Gasteiger partial charge is 0.265 e. The number of benzene rings is 1. The van der Waals surface area contributed by atoms with Crippen molar-refractivity contribution in [2.45, 2.75) is 94.7 Å². The second-order valence-electron chi connectivity index (χ2n) is 11.6. The van der Waals surface area contributed by atoms with E-state index in [4.69, 9.17) is 0 Å². The monoisotopic (exact) mass is 703 g/mol. The lowest BCUT2D eigenvalue weighted by Crippen LogP contribution is -2.35. The predicted octanol–water partition coefficient (Wildman–Crippen LogP) is 3.97. The summed E-state index contributed by atoms with van der Waals surface area (Å²) in [5.74, 6) is 0. The Morgan fingerprint density at radius 1 is 0.574 bits per heavy atom. The van der Waals surface area contributed by atoms with Gasteiger partial charge in [0.15, 0.2) is 14.1 Å². The topological polar surface area (TPSA) is 193 Å². The summed E-state index contributed by atoms with van der Waals surface area (Å²) >= 11 is 0. The van der Waals surface area contributed by atoms with Crippen molar-refractivity contribution < 1.29 is 34.3 Å². The van der Waals surface area contributed by atoms with Crippen molar-refractivity contribution in [3.8, 4) is 11.3 Å². The van der Waals surface area contributed by atoms with Gasteiger partial charge in [-0.2, -0.15) is 0 Å². The third-order valence-corrected chi connectivity index (χ3v) is 14.7. The first-order chi connectivity index (χ1) is 22.4. The molecule has 0 saturated heterocycles. The molecule has 0 bridgehead atoms. The minimum absolute atomic E-state index is 0.0258. The zero-order chi connectivity index (χ0) is 33.7. The van der Waals surface area contributed by atoms with Crippen molar-refractivity contribution in [2.24, 2.45) is 0 Å². The van der Waals surface area contributed by atoms with Crippen LogP contribution in [-0.4, -0.2) is 50.9 Å². The van der Waals surface area contributed by atoms with Crippen LogP contribution in [0.3, 0.4) is 0 Å². The molecule has 16 heteroatoms. The second-order valence-corrected chi connectivity index (χ2v) is 17.9. The lowest BCUT2D eigenvalue weighted by atomic mass is 10.0. The number of nitrogens with one attached hydrogen (secondary N) is 2. The zero-order valence-electron chi connectivity index (χ0n) is 25.6. The molecule has 47 heavy (non-hydrogen) atoms. The Morgan fingerprint density at radius 2 is 1.06 bits per heavy atom. The number of hydrogen-bond acceptors (Lipinski definition) is 9. The van der Waals surface area contributed by atoms with Crippen molar-refractivity contribution >= 4 is 29.5 Å². The molecule has 4 aromatic rings.